The molecule has 0 amide bonds. The van der Waals surface area contributed by atoms with Crippen LogP contribution >= 0.6 is 11.6 Å². The number of rotatable bonds is 6. The lowest BCUT2D eigenvalue weighted by molar-refractivity contribution is -0.384. The van der Waals surface area contributed by atoms with Crippen molar-refractivity contribution < 1.29 is 4.92 Å². The molecule has 0 saturated heterocycles. The third kappa shape index (κ3) is 3.89. The van der Waals surface area contributed by atoms with Crippen molar-refractivity contribution in [3.05, 3.63) is 86.7 Å². The summed E-state index contributed by atoms with van der Waals surface area (Å²) in [6, 6.07) is 16.1. The summed E-state index contributed by atoms with van der Waals surface area (Å²) in [5.41, 5.74) is 5.41. The zero-order chi connectivity index (χ0) is 18.5. The van der Waals surface area contributed by atoms with Crippen molar-refractivity contribution in [3.63, 3.8) is 0 Å². The molecule has 3 rings (SSSR count). The summed E-state index contributed by atoms with van der Waals surface area (Å²) >= 11 is 6.42. The van der Waals surface area contributed by atoms with E-state index >= 15 is 0 Å². The first-order chi connectivity index (χ1) is 12.6. The maximum atomic E-state index is 11.0. The average molecular weight is 370 g/mol. The van der Waals surface area contributed by atoms with Crippen LogP contribution in [0, 0.1) is 17.0 Å². The smallest absolute Gasteiger partial charge is 0.272 e. The van der Waals surface area contributed by atoms with Gasteiger partial charge < -0.3 is 0 Å². The van der Waals surface area contributed by atoms with Crippen molar-refractivity contribution in [3.8, 4) is 0 Å². The molecule has 0 aliphatic heterocycles. The molecule has 1 N–H and O–H groups in total. The van der Waals surface area contributed by atoms with Gasteiger partial charge in [0, 0.05) is 6.07 Å². The van der Waals surface area contributed by atoms with Gasteiger partial charge in [0.2, 0.25) is 0 Å². The van der Waals surface area contributed by atoms with Gasteiger partial charge in [-0.25, -0.2) is 4.68 Å². The number of nitrogens with zero attached hydrogens (tertiary/aromatic N) is 4. The molecule has 0 aliphatic carbocycles. The number of hydrogen-bond donors (Lipinski definition) is 1. The number of aryl methyl sites for hydroxylation is 1. The molecule has 0 fully saturated rings. The maximum Gasteiger partial charge on any atom is 0.294 e. The predicted octanol–water partition coefficient (Wildman–Crippen LogP) is 4.25. The van der Waals surface area contributed by atoms with Crippen molar-refractivity contribution in [2.75, 3.05) is 5.43 Å². The van der Waals surface area contributed by atoms with Crippen LogP contribution in [0.3, 0.4) is 0 Å². The van der Waals surface area contributed by atoms with Gasteiger partial charge in [-0.1, -0.05) is 54.1 Å². The van der Waals surface area contributed by atoms with Gasteiger partial charge in [-0.2, -0.15) is 10.2 Å². The molecule has 0 bridgehead atoms. The first kappa shape index (κ1) is 17.6. The molecular formula is C18H16ClN5O2. The zero-order valence-electron chi connectivity index (χ0n) is 14.0. The highest BCUT2D eigenvalue weighted by Gasteiger charge is 2.13. The van der Waals surface area contributed by atoms with E-state index < -0.39 is 4.92 Å². The van der Waals surface area contributed by atoms with Crippen LogP contribution in [0.2, 0.25) is 5.15 Å². The Labute approximate surface area is 155 Å². The van der Waals surface area contributed by atoms with Crippen LogP contribution in [0.4, 0.5) is 11.4 Å². The molecule has 0 aliphatic rings. The summed E-state index contributed by atoms with van der Waals surface area (Å²) in [6.07, 6.45) is 1.52. The van der Waals surface area contributed by atoms with E-state index in [-0.39, 0.29) is 5.69 Å². The third-order valence-corrected chi connectivity index (χ3v) is 4.16. The summed E-state index contributed by atoms with van der Waals surface area (Å²) in [5.74, 6) is 0. The number of halogens is 1. The Bertz CT molecular complexity index is 953. The van der Waals surface area contributed by atoms with Gasteiger partial charge in [0.15, 0.2) is 0 Å². The Kier molecular flexibility index (Phi) is 5.28. The number of benzene rings is 2. The molecule has 0 atom stereocenters. The van der Waals surface area contributed by atoms with Gasteiger partial charge in [0.05, 0.1) is 28.9 Å². The van der Waals surface area contributed by atoms with E-state index in [0.29, 0.717) is 22.9 Å². The molecule has 1 heterocycles. The SMILES string of the molecule is Cc1nn(Cc2ccccc2)c(Cl)c1/C=N/Nc1ccccc1[N+](=O)[O-]. The largest absolute Gasteiger partial charge is 0.294 e. The van der Waals surface area contributed by atoms with E-state index in [9.17, 15) is 10.1 Å². The summed E-state index contributed by atoms with van der Waals surface area (Å²) < 4.78 is 1.69. The molecule has 26 heavy (non-hydrogen) atoms. The second-order valence-electron chi connectivity index (χ2n) is 5.58. The predicted molar refractivity (Wildman–Crippen MR) is 102 cm³/mol. The number of nitro benzene ring substituents is 1. The fraction of sp³-hybridized carbons (Fsp3) is 0.111. The van der Waals surface area contributed by atoms with E-state index in [4.69, 9.17) is 11.6 Å². The molecule has 3 aromatic rings. The Hall–Kier alpha value is -3.19. The fourth-order valence-electron chi connectivity index (χ4n) is 2.47. The topological polar surface area (TPSA) is 85.3 Å². The molecule has 0 radical (unpaired) electrons. The Morgan fingerprint density at radius 1 is 1.23 bits per heavy atom. The van der Waals surface area contributed by atoms with Crippen LogP contribution < -0.4 is 5.43 Å². The van der Waals surface area contributed by atoms with Crippen LogP contribution in [0.25, 0.3) is 0 Å². The highest BCUT2D eigenvalue weighted by atomic mass is 35.5. The van der Waals surface area contributed by atoms with Crippen LogP contribution in [0.15, 0.2) is 59.7 Å². The molecule has 1 aromatic heterocycles. The second kappa shape index (κ2) is 7.79. The minimum atomic E-state index is -0.464. The molecule has 0 unspecified atom stereocenters. The van der Waals surface area contributed by atoms with Gasteiger partial charge in [-0.05, 0) is 18.6 Å². The number of hydrazone groups is 1. The summed E-state index contributed by atoms with van der Waals surface area (Å²) in [7, 11) is 0. The third-order valence-electron chi connectivity index (χ3n) is 3.76. The lowest BCUT2D eigenvalue weighted by Gasteiger charge is -2.03. The Balaban J connectivity index is 1.78. The van der Waals surface area contributed by atoms with E-state index in [1.165, 1.54) is 12.3 Å². The first-order valence-electron chi connectivity index (χ1n) is 7.85. The normalized spacial score (nSPS) is 11.0. The summed E-state index contributed by atoms with van der Waals surface area (Å²) in [6.45, 7) is 2.38. The van der Waals surface area contributed by atoms with E-state index in [0.717, 1.165) is 11.3 Å². The lowest BCUT2D eigenvalue weighted by Crippen LogP contribution is -2.02. The molecule has 0 spiro atoms. The van der Waals surface area contributed by atoms with Crippen LogP contribution in [0.5, 0.6) is 0 Å². The van der Waals surface area contributed by atoms with Gasteiger partial charge in [0.25, 0.3) is 5.69 Å². The highest BCUT2D eigenvalue weighted by molar-refractivity contribution is 6.32. The highest BCUT2D eigenvalue weighted by Crippen LogP contribution is 2.23. The number of nitrogens with one attached hydrogen (secondary N) is 1. The van der Waals surface area contributed by atoms with Crippen molar-refractivity contribution in [2.24, 2.45) is 5.10 Å². The minimum absolute atomic E-state index is 0.0489. The number of nitro groups is 1. The van der Waals surface area contributed by atoms with E-state index in [1.54, 1.807) is 22.9 Å². The number of para-hydroxylation sites is 2. The number of anilines is 1. The number of aromatic nitrogens is 2. The molecule has 0 saturated carbocycles. The van der Waals surface area contributed by atoms with Crippen molar-refractivity contribution in [1.29, 1.82) is 0 Å². The first-order valence-corrected chi connectivity index (χ1v) is 8.23. The van der Waals surface area contributed by atoms with Gasteiger partial charge in [-0.15, -0.1) is 0 Å². The Morgan fingerprint density at radius 2 is 1.92 bits per heavy atom. The van der Waals surface area contributed by atoms with Crippen molar-refractivity contribution >= 4 is 29.2 Å². The standard InChI is InChI=1S/C18H16ClN5O2/c1-13-15(11-20-21-16-9-5-6-10-17(16)24(25)26)18(19)23(22-13)12-14-7-3-2-4-8-14/h2-11,21H,12H2,1H3/b20-11+. The van der Waals surface area contributed by atoms with Crippen molar-refractivity contribution in [1.82, 2.24) is 9.78 Å². The average Bonchev–Trinajstić information content (AvgIpc) is 2.90. The molecule has 7 nitrogen and oxygen atoms in total. The van der Waals surface area contributed by atoms with Crippen molar-refractivity contribution in [2.45, 2.75) is 13.5 Å². The van der Waals surface area contributed by atoms with E-state index in [1.807, 2.05) is 37.3 Å². The van der Waals surface area contributed by atoms with E-state index in [2.05, 4.69) is 15.6 Å². The van der Waals surface area contributed by atoms with Gasteiger partial charge in [0.1, 0.15) is 10.8 Å². The summed E-state index contributed by atoms with van der Waals surface area (Å²) in [4.78, 5) is 10.6. The van der Waals surface area contributed by atoms with Crippen LogP contribution in [0.1, 0.15) is 16.8 Å². The zero-order valence-corrected chi connectivity index (χ0v) is 14.7. The minimum Gasteiger partial charge on any atom is -0.272 e. The quantitative estimate of drug-likeness (QED) is 0.400. The second-order valence-corrected chi connectivity index (χ2v) is 5.94. The monoisotopic (exact) mass is 369 g/mol. The molecule has 132 valence electrons. The Morgan fingerprint density at radius 3 is 2.65 bits per heavy atom. The summed E-state index contributed by atoms with van der Waals surface area (Å²) in [5, 5.41) is 20.0. The molecule has 8 heteroatoms. The fourth-order valence-corrected chi connectivity index (χ4v) is 2.75. The molecule has 2 aromatic carbocycles. The number of hydrogen-bond acceptors (Lipinski definition) is 5. The maximum absolute atomic E-state index is 11.0. The van der Waals surface area contributed by atoms with Crippen LogP contribution in [-0.4, -0.2) is 20.9 Å². The van der Waals surface area contributed by atoms with Crippen LogP contribution in [-0.2, 0) is 6.54 Å². The van der Waals surface area contributed by atoms with Gasteiger partial charge >= 0.3 is 0 Å². The lowest BCUT2D eigenvalue weighted by atomic mass is 10.2. The molecular weight excluding hydrogens is 354 g/mol. The van der Waals surface area contributed by atoms with Gasteiger partial charge in [-0.3, -0.25) is 15.5 Å².